The number of halogens is 1. The number of ketones is 1. The maximum atomic E-state index is 12.9. The van der Waals surface area contributed by atoms with Crippen LogP contribution in [0.1, 0.15) is 21.7 Å². The number of H-pyrrole nitrogens is 1. The monoisotopic (exact) mass is 365 g/mol. The molecule has 130 valence electrons. The molecule has 1 aromatic carbocycles. The van der Waals surface area contributed by atoms with Crippen LogP contribution in [0.5, 0.6) is 0 Å². The van der Waals surface area contributed by atoms with Crippen LogP contribution in [0, 0.1) is 6.92 Å². The highest BCUT2D eigenvalue weighted by Gasteiger charge is 2.19. The van der Waals surface area contributed by atoms with E-state index in [2.05, 4.69) is 20.4 Å². The minimum absolute atomic E-state index is 0.0962. The standard InChI is InChI=1S/C19H16ClN5O/c1-11-6-17(25(2)24-11)18(26)16-10-22-19-15(16)8-14(9-21-19)23-13-5-3-4-12(20)7-13/h3-10,23H,1-2H3,(H,21,22). The predicted molar refractivity (Wildman–Crippen MR) is 102 cm³/mol. The van der Waals surface area contributed by atoms with Gasteiger partial charge in [-0.25, -0.2) is 4.98 Å². The Balaban J connectivity index is 1.73. The molecule has 26 heavy (non-hydrogen) atoms. The number of rotatable bonds is 4. The van der Waals surface area contributed by atoms with Crippen molar-refractivity contribution in [3.63, 3.8) is 0 Å². The van der Waals surface area contributed by atoms with Gasteiger partial charge in [0, 0.05) is 29.3 Å². The minimum atomic E-state index is -0.0962. The van der Waals surface area contributed by atoms with Crippen molar-refractivity contribution in [2.24, 2.45) is 7.05 Å². The molecule has 7 heteroatoms. The zero-order valence-corrected chi connectivity index (χ0v) is 15.0. The summed E-state index contributed by atoms with van der Waals surface area (Å²) in [5, 5.41) is 8.90. The van der Waals surface area contributed by atoms with E-state index in [9.17, 15) is 4.79 Å². The van der Waals surface area contributed by atoms with E-state index < -0.39 is 0 Å². The van der Waals surface area contributed by atoms with E-state index in [1.54, 1.807) is 30.2 Å². The Bertz CT molecular complexity index is 1130. The van der Waals surface area contributed by atoms with Gasteiger partial charge in [-0.3, -0.25) is 9.48 Å². The normalized spacial score (nSPS) is 11.0. The first-order valence-electron chi connectivity index (χ1n) is 8.06. The SMILES string of the molecule is Cc1cc(C(=O)c2c[nH]c3ncc(Nc4cccc(Cl)c4)cc23)n(C)n1. The van der Waals surface area contributed by atoms with Gasteiger partial charge in [0.2, 0.25) is 5.78 Å². The molecule has 0 aliphatic carbocycles. The van der Waals surface area contributed by atoms with Crippen LogP contribution in [-0.4, -0.2) is 25.5 Å². The van der Waals surface area contributed by atoms with Crippen LogP contribution in [0.2, 0.25) is 5.02 Å². The molecular formula is C19H16ClN5O. The van der Waals surface area contributed by atoms with Crippen LogP contribution in [0.3, 0.4) is 0 Å². The molecule has 2 N–H and O–H groups in total. The average molecular weight is 366 g/mol. The molecule has 0 fully saturated rings. The van der Waals surface area contributed by atoms with Crippen LogP contribution in [-0.2, 0) is 7.05 Å². The summed E-state index contributed by atoms with van der Waals surface area (Å²) < 4.78 is 1.60. The summed E-state index contributed by atoms with van der Waals surface area (Å²) in [5.74, 6) is -0.0962. The number of pyridine rings is 1. The third-order valence-electron chi connectivity index (χ3n) is 4.12. The zero-order chi connectivity index (χ0) is 18.3. The van der Waals surface area contributed by atoms with Gasteiger partial charge in [-0.1, -0.05) is 17.7 Å². The van der Waals surface area contributed by atoms with Crippen LogP contribution in [0.25, 0.3) is 11.0 Å². The molecule has 3 aromatic heterocycles. The Morgan fingerprint density at radius 3 is 2.81 bits per heavy atom. The van der Waals surface area contributed by atoms with Gasteiger partial charge in [0.1, 0.15) is 11.3 Å². The zero-order valence-electron chi connectivity index (χ0n) is 14.2. The van der Waals surface area contributed by atoms with E-state index in [1.165, 1.54) is 0 Å². The molecule has 0 radical (unpaired) electrons. The quantitative estimate of drug-likeness (QED) is 0.530. The van der Waals surface area contributed by atoms with Gasteiger partial charge in [-0.05, 0) is 37.3 Å². The first-order chi connectivity index (χ1) is 12.5. The summed E-state index contributed by atoms with van der Waals surface area (Å²) in [4.78, 5) is 20.4. The maximum Gasteiger partial charge on any atom is 0.213 e. The number of nitrogens with zero attached hydrogens (tertiary/aromatic N) is 3. The van der Waals surface area contributed by atoms with Crippen molar-refractivity contribution in [1.82, 2.24) is 19.7 Å². The van der Waals surface area contributed by atoms with Crippen molar-refractivity contribution in [2.75, 3.05) is 5.32 Å². The topological polar surface area (TPSA) is 75.6 Å². The predicted octanol–water partition coefficient (Wildman–Crippen LogP) is 4.23. The highest BCUT2D eigenvalue weighted by molar-refractivity contribution is 6.30. The average Bonchev–Trinajstić information content (AvgIpc) is 3.17. The molecule has 0 saturated heterocycles. The van der Waals surface area contributed by atoms with Gasteiger partial charge in [0.25, 0.3) is 0 Å². The van der Waals surface area contributed by atoms with E-state index in [1.807, 2.05) is 37.3 Å². The van der Waals surface area contributed by atoms with Gasteiger partial charge in [-0.15, -0.1) is 0 Å². The van der Waals surface area contributed by atoms with Crippen molar-refractivity contribution in [1.29, 1.82) is 0 Å². The van der Waals surface area contributed by atoms with Crippen molar-refractivity contribution in [3.8, 4) is 0 Å². The fraction of sp³-hybridized carbons (Fsp3) is 0.105. The summed E-state index contributed by atoms with van der Waals surface area (Å²) >= 11 is 6.03. The molecule has 0 atom stereocenters. The van der Waals surface area contributed by atoms with Crippen molar-refractivity contribution in [2.45, 2.75) is 6.92 Å². The fourth-order valence-electron chi connectivity index (χ4n) is 2.95. The molecule has 4 aromatic rings. The van der Waals surface area contributed by atoms with Gasteiger partial charge in [0.05, 0.1) is 23.1 Å². The maximum absolute atomic E-state index is 12.9. The number of benzene rings is 1. The number of fused-ring (bicyclic) bond motifs is 1. The number of hydrogen-bond acceptors (Lipinski definition) is 4. The number of carbonyl (C=O) groups excluding carboxylic acids is 1. The molecule has 0 aliphatic heterocycles. The Labute approximate surface area is 154 Å². The van der Waals surface area contributed by atoms with E-state index in [0.717, 1.165) is 22.5 Å². The summed E-state index contributed by atoms with van der Waals surface area (Å²) in [6, 6.07) is 11.1. The Hall–Kier alpha value is -3.12. The van der Waals surface area contributed by atoms with E-state index >= 15 is 0 Å². The number of aromatic nitrogens is 4. The molecule has 0 saturated carbocycles. The Morgan fingerprint density at radius 2 is 2.08 bits per heavy atom. The van der Waals surface area contributed by atoms with E-state index in [0.29, 0.717) is 21.9 Å². The molecule has 4 rings (SSSR count). The second kappa shape index (κ2) is 6.31. The van der Waals surface area contributed by atoms with Gasteiger partial charge >= 0.3 is 0 Å². The molecular weight excluding hydrogens is 350 g/mol. The Kier molecular flexibility index (Phi) is 3.97. The number of aryl methyl sites for hydroxylation is 2. The van der Waals surface area contributed by atoms with Gasteiger partial charge in [0.15, 0.2) is 0 Å². The minimum Gasteiger partial charge on any atom is -0.354 e. The number of anilines is 2. The first-order valence-corrected chi connectivity index (χ1v) is 8.44. The third kappa shape index (κ3) is 2.95. The molecule has 6 nitrogen and oxygen atoms in total. The van der Waals surface area contributed by atoms with Crippen LogP contribution < -0.4 is 5.32 Å². The second-order valence-electron chi connectivity index (χ2n) is 6.08. The molecule has 3 heterocycles. The third-order valence-corrected chi connectivity index (χ3v) is 4.36. The van der Waals surface area contributed by atoms with Crippen LogP contribution in [0.15, 0.2) is 48.8 Å². The smallest absolute Gasteiger partial charge is 0.213 e. The number of aromatic amines is 1. The highest BCUT2D eigenvalue weighted by atomic mass is 35.5. The number of carbonyl (C=O) groups is 1. The lowest BCUT2D eigenvalue weighted by molar-refractivity contribution is 0.103. The molecule has 0 spiro atoms. The lowest BCUT2D eigenvalue weighted by Gasteiger charge is -2.07. The van der Waals surface area contributed by atoms with Crippen molar-refractivity contribution < 1.29 is 4.79 Å². The summed E-state index contributed by atoms with van der Waals surface area (Å²) in [7, 11) is 1.76. The van der Waals surface area contributed by atoms with Crippen LogP contribution >= 0.6 is 11.6 Å². The van der Waals surface area contributed by atoms with Gasteiger partial charge < -0.3 is 10.3 Å². The van der Waals surface area contributed by atoms with Crippen LogP contribution in [0.4, 0.5) is 11.4 Å². The lowest BCUT2D eigenvalue weighted by atomic mass is 10.1. The second-order valence-corrected chi connectivity index (χ2v) is 6.52. The van der Waals surface area contributed by atoms with Gasteiger partial charge in [-0.2, -0.15) is 5.10 Å². The van der Waals surface area contributed by atoms with Crippen molar-refractivity contribution >= 4 is 39.8 Å². The number of hydrogen-bond donors (Lipinski definition) is 2. The lowest BCUT2D eigenvalue weighted by Crippen LogP contribution is -2.07. The summed E-state index contributed by atoms with van der Waals surface area (Å²) in [5.41, 5.74) is 4.18. The van der Waals surface area contributed by atoms with E-state index in [-0.39, 0.29) is 5.78 Å². The molecule has 0 bridgehead atoms. The fourth-order valence-corrected chi connectivity index (χ4v) is 3.14. The first kappa shape index (κ1) is 16.4. The summed E-state index contributed by atoms with van der Waals surface area (Å²) in [6.45, 7) is 1.86. The molecule has 0 amide bonds. The van der Waals surface area contributed by atoms with E-state index in [4.69, 9.17) is 11.6 Å². The molecule has 0 aliphatic rings. The number of nitrogens with one attached hydrogen (secondary N) is 2. The van der Waals surface area contributed by atoms with Crippen molar-refractivity contribution in [3.05, 3.63) is 70.8 Å². The highest BCUT2D eigenvalue weighted by Crippen LogP contribution is 2.25. The molecule has 0 unspecified atom stereocenters. The Morgan fingerprint density at radius 1 is 1.23 bits per heavy atom. The summed E-state index contributed by atoms with van der Waals surface area (Å²) in [6.07, 6.45) is 3.40. The largest absolute Gasteiger partial charge is 0.354 e.